The SMILES string of the molecule is CN(CCCN1CCNCC1)c1cccnc1. The summed E-state index contributed by atoms with van der Waals surface area (Å²) in [4.78, 5) is 8.95. The molecule has 2 rings (SSSR count). The lowest BCUT2D eigenvalue weighted by atomic mass is 10.3. The van der Waals surface area contributed by atoms with Crippen molar-refractivity contribution in [1.29, 1.82) is 0 Å². The van der Waals surface area contributed by atoms with Crippen LogP contribution in [0.25, 0.3) is 0 Å². The number of pyridine rings is 1. The Kier molecular flexibility index (Phi) is 4.76. The van der Waals surface area contributed by atoms with Gasteiger partial charge in [-0.25, -0.2) is 0 Å². The second-order valence-corrected chi connectivity index (χ2v) is 4.58. The number of hydrogen-bond donors (Lipinski definition) is 1. The Bertz CT molecular complexity index is 308. The number of aromatic nitrogens is 1. The second-order valence-electron chi connectivity index (χ2n) is 4.58. The Balaban J connectivity index is 1.67. The first-order chi connectivity index (χ1) is 8.36. The van der Waals surface area contributed by atoms with Crippen LogP contribution in [-0.2, 0) is 0 Å². The van der Waals surface area contributed by atoms with Gasteiger partial charge in [0.1, 0.15) is 0 Å². The van der Waals surface area contributed by atoms with E-state index in [9.17, 15) is 0 Å². The monoisotopic (exact) mass is 234 g/mol. The van der Waals surface area contributed by atoms with E-state index in [0.717, 1.165) is 19.6 Å². The van der Waals surface area contributed by atoms with Crippen molar-refractivity contribution in [2.24, 2.45) is 0 Å². The van der Waals surface area contributed by atoms with E-state index in [1.54, 1.807) is 0 Å². The van der Waals surface area contributed by atoms with E-state index in [-0.39, 0.29) is 0 Å². The third kappa shape index (κ3) is 3.98. The van der Waals surface area contributed by atoms with Gasteiger partial charge >= 0.3 is 0 Å². The predicted molar refractivity (Wildman–Crippen MR) is 71.4 cm³/mol. The van der Waals surface area contributed by atoms with Crippen LogP contribution < -0.4 is 10.2 Å². The van der Waals surface area contributed by atoms with Crippen molar-refractivity contribution in [2.75, 3.05) is 51.2 Å². The zero-order chi connectivity index (χ0) is 11.9. The van der Waals surface area contributed by atoms with Crippen molar-refractivity contribution in [3.8, 4) is 0 Å². The van der Waals surface area contributed by atoms with Crippen molar-refractivity contribution in [1.82, 2.24) is 15.2 Å². The first-order valence-electron chi connectivity index (χ1n) is 6.40. The summed E-state index contributed by atoms with van der Waals surface area (Å²) in [6.45, 7) is 6.95. The summed E-state index contributed by atoms with van der Waals surface area (Å²) in [5.41, 5.74) is 1.20. The molecule has 0 radical (unpaired) electrons. The van der Waals surface area contributed by atoms with Gasteiger partial charge in [0.2, 0.25) is 0 Å². The van der Waals surface area contributed by atoms with Gasteiger partial charge in [0, 0.05) is 46.0 Å². The Hall–Kier alpha value is -1.13. The number of nitrogens with one attached hydrogen (secondary N) is 1. The summed E-state index contributed by atoms with van der Waals surface area (Å²) in [7, 11) is 2.13. The van der Waals surface area contributed by atoms with Gasteiger partial charge in [-0.15, -0.1) is 0 Å². The molecule has 0 atom stereocenters. The van der Waals surface area contributed by atoms with Crippen molar-refractivity contribution >= 4 is 5.69 Å². The van der Waals surface area contributed by atoms with E-state index in [1.807, 2.05) is 18.5 Å². The molecular weight excluding hydrogens is 212 g/mol. The Labute approximate surface area is 104 Å². The zero-order valence-electron chi connectivity index (χ0n) is 10.6. The maximum Gasteiger partial charge on any atom is 0.0550 e. The molecule has 1 aliphatic rings. The molecule has 94 valence electrons. The molecule has 2 heterocycles. The van der Waals surface area contributed by atoms with Crippen LogP contribution in [0.5, 0.6) is 0 Å². The highest BCUT2D eigenvalue weighted by Gasteiger charge is 2.09. The average Bonchev–Trinajstić information content (AvgIpc) is 2.41. The van der Waals surface area contributed by atoms with Gasteiger partial charge in [0.25, 0.3) is 0 Å². The molecule has 4 heteroatoms. The highest BCUT2D eigenvalue weighted by Crippen LogP contribution is 2.09. The molecule has 0 unspecified atom stereocenters. The van der Waals surface area contributed by atoms with Crippen molar-refractivity contribution in [3.63, 3.8) is 0 Å². The number of rotatable bonds is 5. The summed E-state index contributed by atoms with van der Waals surface area (Å²) < 4.78 is 0. The smallest absolute Gasteiger partial charge is 0.0550 e. The van der Waals surface area contributed by atoms with E-state index in [2.05, 4.69) is 33.2 Å². The molecule has 0 amide bonds. The molecule has 1 aromatic heterocycles. The molecule has 0 aliphatic carbocycles. The van der Waals surface area contributed by atoms with Gasteiger partial charge in [-0.3, -0.25) is 4.98 Å². The Morgan fingerprint density at radius 1 is 1.41 bits per heavy atom. The third-order valence-corrected chi connectivity index (χ3v) is 3.26. The fraction of sp³-hybridized carbons (Fsp3) is 0.615. The lowest BCUT2D eigenvalue weighted by Gasteiger charge is -2.28. The molecule has 0 aromatic carbocycles. The zero-order valence-corrected chi connectivity index (χ0v) is 10.6. The van der Waals surface area contributed by atoms with E-state index < -0.39 is 0 Å². The minimum atomic E-state index is 1.09. The van der Waals surface area contributed by atoms with Gasteiger partial charge in [0.15, 0.2) is 0 Å². The molecule has 1 N–H and O–H groups in total. The van der Waals surface area contributed by atoms with E-state index in [0.29, 0.717) is 0 Å². The van der Waals surface area contributed by atoms with Crippen LogP contribution in [0.1, 0.15) is 6.42 Å². The van der Waals surface area contributed by atoms with Gasteiger partial charge in [-0.1, -0.05) is 0 Å². The maximum atomic E-state index is 4.14. The Morgan fingerprint density at radius 3 is 2.94 bits per heavy atom. The fourth-order valence-electron chi connectivity index (χ4n) is 2.17. The largest absolute Gasteiger partial charge is 0.373 e. The third-order valence-electron chi connectivity index (χ3n) is 3.26. The minimum absolute atomic E-state index is 1.09. The van der Waals surface area contributed by atoms with E-state index in [1.165, 1.54) is 31.7 Å². The number of nitrogens with zero attached hydrogens (tertiary/aromatic N) is 3. The maximum absolute atomic E-state index is 4.14. The van der Waals surface area contributed by atoms with Crippen LogP contribution in [-0.4, -0.2) is 56.2 Å². The lowest BCUT2D eigenvalue weighted by Crippen LogP contribution is -2.44. The summed E-state index contributed by atoms with van der Waals surface area (Å²) in [6, 6.07) is 4.10. The molecule has 1 fully saturated rings. The molecule has 1 saturated heterocycles. The molecule has 0 saturated carbocycles. The van der Waals surface area contributed by atoms with Crippen molar-refractivity contribution in [3.05, 3.63) is 24.5 Å². The second kappa shape index (κ2) is 6.57. The van der Waals surface area contributed by atoms with E-state index in [4.69, 9.17) is 0 Å². The van der Waals surface area contributed by atoms with Crippen molar-refractivity contribution in [2.45, 2.75) is 6.42 Å². The Morgan fingerprint density at radius 2 is 2.24 bits per heavy atom. The van der Waals surface area contributed by atoms with Crippen LogP contribution in [0, 0.1) is 0 Å². The summed E-state index contributed by atoms with van der Waals surface area (Å²) in [5.74, 6) is 0. The van der Waals surface area contributed by atoms with Gasteiger partial charge in [-0.2, -0.15) is 0 Å². The first kappa shape index (κ1) is 12.3. The summed E-state index contributed by atoms with van der Waals surface area (Å²) in [5, 5.41) is 3.38. The molecule has 0 spiro atoms. The highest BCUT2D eigenvalue weighted by molar-refractivity contribution is 5.42. The quantitative estimate of drug-likeness (QED) is 0.817. The normalized spacial score (nSPS) is 17.0. The predicted octanol–water partition coefficient (Wildman–Crippen LogP) is 0.813. The standard InChI is InChI=1S/C13H22N4/c1-16(13-4-2-5-15-12-13)8-3-9-17-10-6-14-7-11-17/h2,4-5,12,14H,3,6-11H2,1H3. The molecular formula is C13H22N4. The number of hydrogen-bond acceptors (Lipinski definition) is 4. The fourth-order valence-corrected chi connectivity index (χ4v) is 2.17. The van der Waals surface area contributed by atoms with Crippen LogP contribution in [0.4, 0.5) is 5.69 Å². The topological polar surface area (TPSA) is 31.4 Å². The van der Waals surface area contributed by atoms with Crippen LogP contribution in [0.2, 0.25) is 0 Å². The lowest BCUT2D eigenvalue weighted by molar-refractivity contribution is 0.239. The summed E-state index contributed by atoms with van der Waals surface area (Å²) in [6.07, 6.45) is 4.95. The number of anilines is 1. The first-order valence-corrected chi connectivity index (χ1v) is 6.40. The molecule has 0 bridgehead atoms. The molecule has 1 aliphatic heterocycles. The van der Waals surface area contributed by atoms with Crippen LogP contribution in [0.3, 0.4) is 0 Å². The van der Waals surface area contributed by atoms with E-state index >= 15 is 0 Å². The number of piperazine rings is 1. The van der Waals surface area contributed by atoms with Crippen molar-refractivity contribution < 1.29 is 0 Å². The molecule has 4 nitrogen and oxygen atoms in total. The average molecular weight is 234 g/mol. The van der Waals surface area contributed by atoms with Gasteiger partial charge in [-0.05, 0) is 25.1 Å². The highest BCUT2D eigenvalue weighted by atomic mass is 15.2. The van der Waals surface area contributed by atoms with Gasteiger partial charge < -0.3 is 15.1 Å². The summed E-state index contributed by atoms with van der Waals surface area (Å²) >= 11 is 0. The van der Waals surface area contributed by atoms with Crippen LogP contribution in [0.15, 0.2) is 24.5 Å². The molecule has 17 heavy (non-hydrogen) atoms. The van der Waals surface area contributed by atoms with Gasteiger partial charge in [0.05, 0.1) is 11.9 Å². The van der Waals surface area contributed by atoms with Crippen LogP contribution >= 0.6 is 0 Å². The molecule has 1 aromatic rings. The minimum Gasteiger partial charge on any atom is -0.373 e.